The summed E-state index contributed by atoms with van der Waals surface area (Å²) in [6, 6.07) is 0.255. The summed E-state index contributed by atoms with van der Waals surface area (Å²) in [6.07, 6.45) is -0.257. The van der Waals surface area contributed by atoms with Gasteiger partial charge in [0.25, 0.3) is 0 Å². The van der Waals surface area contributed by atoms with Gasteiger partial charge in [0.15, 0.2) is 0 Å². The fourth-order valence-corrected chi connectivity index (χ4v) is 2.37. The van der Waals surface area contributed by atoms with E-state index in [9.17, 15) is 4.79 Å². The molecule has 5 nitrogen and oxygen atoms in total. The molecule has 106 valence electrons. The molecule has 0 aliphatic carbocycles. The lowest BCUT2D eigenvalue weighted by molar-refractivity contribution is 0.0280. The van der Waals surface area contributed by atoms with Crippen LogP contribution >= 0.6 is 0 Å². The Balaban J connectivity index is 2.60. The first-order valence-corrected chi connectivity index (χ1v) is 6.76. The monoisotopic (exact) mass is 257 g/mol. The van der Waals surface area contributed by atoms with Gasteiger partial charge in [0.05, 0.1) is 0 Å². The molecule has 0 saturated carbocycles. The van der Waals surface area contributed by atoms with Crippen molar-refractivity contribution in [3.63, 3.8) is 0 Å². The number of carbonyl (C=O) groups is 1. The molecule has 0 aromatic carbocycles. The van der Waals surface area contributed by atoms with Crippen LogP contribution in [-0.4, -0.2) is 59.8 Å². The molecule has 0 spiro atoms. The Hall–Kier alpha value is -0.810. The average Bonchev–Trinajstić information content (AvgIpc) is 2.61. The lowest BCUT2D eigenvalue weighted by Crippen LogP contribution is -2.46. The minimum atomic E-state index is -0.450. The molecule has 1 aliphatic rings. The average molecular weight is 257 g/mol. The Kier molecular flexibility index (Phi) is 4.99. The number of hydrogen-bond donors (Lipinski definition) is 1. The van der Waals surface area contributed by atoms with Crippen molar-refractivity contribution in [3.05, 3.63) is 0 Å². The zero-order chi connectivity index (χ0) is 13.9. The number of nitrogens with two attached hydrogens (primary N) is 1. The van der Waals surface area contributed by atoms with Crippen LogP contribution in [0.3, 0.4) is 0 Å². The van der Waals surface area contributed by atoms with Crippen LogP contribution in [0.1, 0.15) is 34.6 Å². The maximum atomic E-state index is 12.0. The highest BCUT2D eigenvalue weighted by atomic mass is 16.6. The second-order valence-corrected chi connectivity index (χ2v) is 5.84. The molecule has 0 aromatic rings. The third-order valence-electron chi connectivity index (χ3n) is 3.27. The molecule has 1 fully saturated rings. The summed E-state index contributed by atoms with van der Waals surface area (Å²) < 4.78 is 5.38. The van der Waals surface area contributed by atoms with Crippen LogP contribution in [0, 0.1) is 0 Å². The number of likely N-dealkylation sites (tertiary alicyclic amines) is 1. The quantitative estimate of drug-likeness (QED) is 0.827. The second-order valence-electron chi connectivity index (χ2n) is 5.84. The van der Waals surface area contributed by atoms with Crippen molar-refractivity contribution in [2.24, 2.45) is 5.73 Å². The third kappa shape index (κ3) is 3.85. The Labute approximate surface area is 110 Å². The van der Waals surface area contributed by atoms with Crippen LogP contribution in [0.25, 0.3) is 0 Å². The van der Waals surface area contributed by atoms with E-state index in [2.05, 4.69) is 18.7 Å². The van der Waals surface area contributed by atoms with Gasteiger partial charge in [0.2, 0.25) is 0 Å². The Morgan fingerprint density at radius 1 is 1.33 bits per heavy atom. The van der Waals surface area contributed by atoms with Crippen molar-refractivity contribution in [1.29, 1.82) is 0 Å². The van der Waals surface area contributed by atoms with E-state index >= 15 is 0 Å². The van der Waals surface area contributed by atoms with E-state index in [1.54, 1.807) is 4.90 Å². The van der Waals surface area contributed by atoms with E-state index in [1.807, 2.05) is 20.8 Å². The highest BCUT2D eigenvalue weighted by molar-refractivity contribution is 5.68. The van der Waals surface area contributed by atoms with E-state index in [4.69, 9.17) is 10.5 Å². The van der Waals surface area contributed by atoms with Crippen LogP contribution in [0.2, 0.25) is 0 Å². The fraction of sp³-hybridized carbons (Fsp3) is 0.923. The lowest BCUT2D eigenvalue weighted by Gasteiger charge is -2.28. The van der Waals surface area contributed by atoms with Gasteiger partial charge < -0.3 is 15.4 Å². The van der Waals surface area contributed by atoms with Crippen LogP contribution < -0.4 is 5.73 Å². The first kappa shape index (κ1) is 15.2. The zero-order valence-electron chi connectivity index (χ0n) is 12.3. The van der Waals surface area contributed by atoms with Gasteiger partial charge in [-0.05, 0) is 33.9 Å². The molecular weight excluding hydrogens is 230 g/mol. The number of ether oxygens (including phenoxy) is 1. The largest absolute Gasteiger partial charge is 0.444 e. The highest BCUT2D eigenvalue weighted by Gasteiger charge is 2.37. The van der Waals surface area contributed by atoms with Gasteiger partial charge in [-0.25, -0.2) is 4.79 Å². The minimum absolute atomic E-state index is 0.0115. The standard InChI is InChI=1S/C13H27N3O2/c1-6-15(7-2)11-9-16(8-10(11)14)12(17)18-13(3,4)5/h10-11H,6-9,14H2,1-5H3. The summed E-state index contributed by atoms with van der Waals surface area (Å²) in [7, 11) is 0. The summed E-state index contributed by atoms with van der Waals surface area (Å²) in [5.74, 6) is 0. The van der Waals surface area contributed by atoms with Gasteiger partial charge in [-0.3, -0.25) is 4.90 Å². The summed E-state index contributed by atoms with van der Waals surface area (Å²) in [5.41, 5.74) is 5.68. The van der Waals surface area contributed by atoms with Gasteiger partial charge >= 0.3 is 6.09 Å². The van der Waals surface area contributed by atoms with Crippen molar-refractivity contribution in [2.45, 2.75) is 52.3 Å². The second kappa shape index (κ2) is 5.89. The predicted octanol–water partition coefficient (Wildman–Crippen LogP) is 1.27. The summed E-state index contributed by atoms with van der Waals surface area (Å²) >= 11 is 0. The molecule has 0 radical (unpaired) electrons. The first-order chi connectivity index (χ1) is 8.28. The lowest BCUT2D eigenvalue weighted by atomic mass is 10.1. The molecule has 5 heteroatoms. The van der Waals surface area contributed by atoms with E-state index in [-0.39, 0.29) is 18.2 Å². The molecule has 0 bridgehead atoms. The van der Waals surface area contributed by atoms with E-state index < -0.39 is 5.60 Å². The normalized spacial score (nSPS) is 24.7. The number of hydrogen-bond acceptors (Lipinski definition) is 4. The Bertz CT molecular complexity index is 284. The maximum absolute atomic E-state index is 12.0. The molecule has 1 saturated heterocycles. The molecule has 1 aliphatic heterocycles. The van der Waals surface area contributed by atoms with Crippen LogP contribution in [-0.2, 0) is 4.74 Å². The fourth-order valence-electron chi connectivity index (χ4n) is 2.37. The Morgan fingerprint density at radius 2 is 1.89 bits per heavy atom. The molecule has 1 rings (SSSR count). The third-order valence-corrected chi connectivity index (χ3v) is 3.27. The highest BCUT2D eigenvalue weighted by Crippen LogP contribution is 2.18. The van der Waals surface area contributed by atoms with Crippen molar-refractivity contribution >= 4 is 6.09 Å². The van der Waals surface area contributed by atoms with Crippen molar-refractivity contribution in [2.75, 3.05) is 26.2 Å². The molecule has 18 heavy (non-hydrogen) atoms. The molecular formula is C13H27N3O2. The van der Waals surface area contributed by atoms with Crippen molar-refractivity contribution < 1.29 is 9.53 Å². The number of likely N-dealkylation sites (N-methyl/N-ethyl adjacent to an activating group) is 1. The van der Waals surface area contributed by atoms with Crippen LogP contribution in [0.15, 0.2) is 0 Å². The van der Waals surface area contributed by atoms with Gasteiger partial charge in [0.1, 0.15) is 5.60 Å². The van der Waals surface area contributed by atoms with Crippen LogP contribution in [0.4, 0.5) is 4.79 Å². The number of amides is 1. The van der Waals surface area contributed by atoms with Gasteiger partial charge in [-0.15, -0.1) is 0 Å². The molecule has 1 heterocycles. The summed E-state index contributed by atoms with van der Waals surface area (Å²) in [4.78, 5) is 16.0. The summed E-state index contributed by atoms with van der Waals surface area (Å²) in [5, 5.41) is 0. The van der Waals surface area contributed by atoms with Gasteiger partial charge in [-0.1, -0.05) is 13.8 Å². The van der Waals surface area contributed by atoms with Gasteiger partial charge in [-0.2, -0.15) is 0 Å². The smallest absolute Gasteiger partial charge is 0.410 e. The minimum Gasteiger partial charge on any atom is -0.444 e. The van der Waals surface area contributed by atoms with Gasteiger partial charge in [0, 0.05) is 25.2 Å². The van der Waals surface area contributed by atoms with E-state index in [1.165, 1.54) is 0 Å². The number of carbonyl (C=O) groups excluding carboxylic acids is 1. The van der Waals surface area contributed by atoms with Crippen molar-refractivity contribution in [3.8, 4) is 0 Å². The maximum Gasteiger partial charge on any atom is 0.410 e. The molecule has 1 amide bonds. The Morgan fingerprint density at radius 3 is 2.33 bits per heavy atom. The molecule has 0 aromatic heterocycles. The summed E-state index contributed by atoms with van der Waals surface area (Å²) in [6.45, 7) is 13.0. The number of rotatable bonds is 3. The zero-order valence-corrected chi connectivity index (χ0v) is 12.3. The van der Waals surface area contributed by atoms with E-state index in [0.29, 0.717) is 13.1 Å². The molecule has 2 unspecified atom stereocenters. The molecule has 2 N–H and O–H groups in total. The first-order valence-electron chi connectivity index (χ1n) is 6.76. The SMILES string of the molecule is CCN(CC)C1CN(C(=O)OC(C)(C)C)CC1N. The van der Waals surface area contributed by atoms with E-state index in [0.717, 1.165) is 13.1 Å². The molecule has 2 atom stereocenters. The van der Waals surface area contributed by atoms with Crippen molar-refractivity contribution in [1.82, 2.24) is 9.80 Å². The topological polar surface area (TPSA) is 58.8 Å². The van der Waals surface area contributed by atoms with Crippen LogP contribution in [0.5, 0.6) is 0 Å². The predicted molar refractivity (Wildman–Crippen MR) is 72.5 cm³/mol. The number of nitrogens with zero attached hydrogens (tertiary/aromatic N) is 2.